The van der Waals surface area contributed by atoms with Crippen molar-refractivity contribution in [3.63, 3.8) is 0 Å². The first-order chi connectivity index (χ1) is 13.2. The molecule has 2 aliphatic rings. The van der Waals surface area contributed by atoms with Gasteiger partial charge < -0.3 is 10.6 Å². The lowest BCUT2D eigenvalue weighted by molar-refractivity contribution is -0.189. The number of fused-ring (bicyclic) bond motifs is 2. The number of hydrogen-bond acceptors (Lipinski definition) is 3. The normalized spacial score (nSPS) is 24.1. The Labute approximate surface area is 156 Å². The number of halogens is 5. The van der Waals surface area contributed by atoms with E-state index in [0.29, 0.717) is 25.3 Å². The second-order valence-electron chi connectivity index (χ2n) is 7.12. The SMILES string of the molecule is O=C(Nc1ccc(F)cc1F)c1cc2n(n1)[C@@H](C(F)(F)F)[C@H]1CCCC[C@@H]1N2. The number of carbonyl (C=O) groups is 1. The highest BCUT2D eigenvalue weighted by molar-refractivity contribution is 6.03. The summed E-state index contributed by atoms with van der Waals surface area (Å²) in [6.07, 6.45) is -1.93. The monoisotopic (exact) mass is 400 g/mol. The van der Waals surface area contributed by atoms with Gasteiger partial charge in [-0.15, -0.1) is 0 Å². The van der Waals surface area contributed by atoms with Crippen LogP contribution in [0.5, 0.6) is 0 Å². The van der Waals surface area contributed by atoms with Crippen LogP contribution < -0.4 is 10.6 Å². The molecule has 4 rings (SSSR count). The molecule has 10 heteroatoms. The third kappa shape index (κ3) is 3.31. The van der Waals surface area contributed by atoms with E-state index in [2.05, 4.69) is 15.7 Å². The molecule has 0 saturated heterocycles. The summed E-state index contributed by atoms with van der Waals surface area (Å²) in [7, 11) is 0. The Morgan fingerprint density at radius 3 is 2.64 bits per heavy atom. The first-order valence-electron chi connectivity index (χ1n) is 8.93. The minimum Gasteiger partial charge on any atom is -0.367 e. The fourth-order valence-electron chi connectivity index (χ4n) is 4.07. The number of benzene rings is 1. The van der Waals surface area contributed by atoms with E-state index in [1.807, 2.05) is 0 Å². The van der Waals surface area contributed by atoms with Crippen LogP contribution >= 0.6 is 0 Å². The minimum atomic E-state index is -4.51. The molecule has 5 nitrogen and oxygen atoms in total. The van der Waals surface area contributed by atoms with Gasteiger partial charge in [-0.3, -0.25) is 4.79 Å². The summed E-state index contributed by atoms with van der Waals surface area (Å²) in [6.45, 7) is 0. The lowest BCUT2D eigenvalue weighted by atomic mass is 9.78. The lowest BCUT2D eigenvalue weighted by Gasteiger charge is -2.43. The maximum Gasteiger partial charge on any atom is 0.411 e. The molecule has 1 saturated carbocycles. The predicted molar refractivity (Wildman–Crippen MR) is 91.0 cm³/mol. The molecule has 28 heavy (non-hydrogen) atoms. The number of nitrogens with one attached hydrogen (secondary N) is 2. The van der Waals surface area contributed by atoms with Gasteiger partial charge in [-0.1, -0.05) is 12.8 Å². The number of rotatable bonds is 2. The Bertz CT molecular complexity index is 910. The average molecular weight is 400 g/mol. The molecule has 3 atom stereocenters. The third-order valence-corrected chi connectivity index (χ3v) is 5.30. The first-order valence-corrected chi connectivity index (χ1v) is 8.93. The van der Waals surface area contributed by atoms with Crippen LogP contribution in [-0.2, 0) is 0 Å². The van der Waals surface area contributed by atoms with Crippen molar-refractivity contribution < 1.29 is 26.7 Å². The average Bonchev–Trinajstić information content (AvgIpc) is 3.04. The van der Waals surface area contributed by atoms with E-state index in [-0.39, 0.29) is 23.2 Å². The molecule has 0 unspecified atom stereocenters. The maximum absolute atomic E-state index is 13.8. The van der Waals surface area contributed by atoms with Gasteiger partial charge in [0.05, 0.1) is 5.69 Å². The smallest absolute Gasteiger partial charge is 0.367 e. The molecule has 0 spiro atoms. The van der Waals surface area contributed by atoms with Crippen molar-refractivity contribution in [3.8, 4) is 0 Å². The van der Waals surface area contributed by atoms with E-state index in [1.54, 1.807) is 0 Å². The quantitative estimate of drug-likeness (QED) is 0.730. The zero-order valence-corrected chi connectivity index (χ0v) is 14.6. The molecule has 0 bridgehead atoms. The summed E-state index contributed by atoms with van der Waals surface area (Å²) in [5.41, 5.74) is -0.564. The largest absolute Gasteiger partial charge is 0.411 e. The summed E-state index contributed by atoms with van der Waals surface area (Å²) < 4.78 is 68.8. The molecular weight excluding hydrogens is 383 g/mol. The van der Waals surface area contributed by atoms with Crippen LogP contribution in [-0.4, -0.2) is 27.9 Å². The van der Waals surface area contributed by atoms with Gasteiger partial charge in [0.1, 0.15) is 17.5 Å². The first kappa shape index (κ1) is 18.7. The highest BCUT2D eigenvalue weighted by Gasteiger charge is 2.52. The minimum absolute atomic E-state index is 0.107. The molecule has 0 radical (unpaired) electrons. The zero-order chi connectivity index (χ0) is 20.1. The number of alkyl halides is 3. The second kappa shape index (κ2) is 6.75. The highest BCUT2D eigenvalue weighted by atomic mass is 19.4. The van der Waals surface area contributed by atoms with Gasteiger partial charge in [0, 0.05) is 24.1 Å². The van der Waals surface area contributed by atoms with E-state index < -0.39 is 35.7 Å². The standard InChI is InChI=1S/C18H17F5N4O/c19-9-5-6-13(11(20)7-9)25-17(28)14-8-15-24-12-4-2-1-3-10(12)16(18(21,22)23)27(15)26-14/h5-8,10,12,16,24H,1-4H2,(H,25,28)/t10-,12-,16+/m0/s1. The van der Waals surface area contributed by atoms with E-state index in [4.69, 9.17) is 0 Å². The van der Waals surface area contributed by atoms with Crippen LogP contribution in [0.15, 0.2) is 24.3 Å². The molecule has 1 aromatic carbocycles. The molecule has 1 fully saturated rings. The highest BCUT2D eigenvalue weighted by Crippen LogP contribution is 2.47. The van der Waals surface area contributed by atoms with Gasteiger partial charge in [-0.25, -0.2) is 13.5 Å². The Morgan fingerprint density at radius 2 is 1.93 bits per heavy atom. The van der Waals surface area contributed by atoms with E-state index in [0.717, 1.165) is 23.2 Å². The summed E-state index contributed by atoms with van der Waals surface area (Å²) in [6, 6.07) is 1.65. The zero-order valence-electron chi connectivity index (χ0n) is 14.6. The summed E-state index contributed by atoms with van der Waals surface area (Å²) >= 11 is 0. The Morgan fingerprint density at radius 1 is 1.18 bits per heavy atom. The molecule has 1 amide bonds. The van der Waals surface area contributed by atoms with Crippen LogP contribution in [0.25, 0.3) is 0 Å². The molecule has 1 aliphatic carbocycles. The number of amides is 1. The number of nitrogens with zero attached hydrogens (tertiary/aromatic N) is 2. The summed E-state index contributed by atoms with van der Waals surface area (Å²) in [5, 5.41) is 9.13. The van der Waals surface area contributed by atoms with Crippen LogP contribution in [0.2, 0.25) is 0 Å². The van der Waals surface area contributed by atoms with E-state index >= 15 is 0 Å². The third-order valence-electron chi connectivity index (χ3n) is 5.30. The van der Waals surface area contributed by atoms with Gasteiger partial charge in [-0.05, 0) is 25.0 Å². The molecule has 2 aromatic rings. The van der Waals surface area contributed by atoms with Crippen molar-refractivity contribution in [2.24, 2.45) is 5.92 Å². The number of anilines is 2. The topological polar surface area (TPSA) is 59.0 Å². The fraction of sp³-hybridized carbons (Fsp3) is 0.444. The van der Waals surface area contributed by atoms with Crippen LogP contribution in [0.4, 0.5) is 33.5 Å². The van der Waals surface area contributed by atoms with Crippen molar-refractivity contribution in [3.05, 3.63) is 41.6 Å². The van der Waals surface area contributed by atoms with Crippen molar-refractivity contribution >= 4 is 17.4 Å². The Balaban J connectivity index is 1.65. The van der Waals surface area contributed by atoms with Crippen molar-refractivity contribution in [1.29, 1.82) is 0 Å². The molecule has 1 aliphatic heterocycles. The van der Waals surface area contributed by atoms with Crippen LogP contribution in [0.1, 0.15) is 42.2 Å². The van der Waals surface area contributed by atoms with Gasteiger partial charge in [0.25, 0.3) is 5.91 Å². The van der Waals surface area contributed by atoms with Crippen LogP contribution in [0, 0.1) is 17.6 Å². The fourth-order valence-corrected chi connectivity index (χ4v) is 4.07. The van der Waals surface area contributed by atoms with Crippen molar-refractivity contribution in [1.82, 2.24) is 9.78 Å². The molecule has 1 aromatic heterocycles. The predicted octanol–water partition coefficient (Wildman–Crippen LogP) is 4.50. The van der Waals surface area contributed by atoms with E-state index in [1.165, 1.54) is 6.07 Å². The van der Waals surface area contributed by atoms with Gasteiger partial charge in [-0.2, -0.15) is 18.3 Å². The van der Waals surface area contributed by atoms with Gasteiger partial charge in [0.2, 0.25) is 0 Å². The number of aromatic nitrogens is 2. The van der Waals surface area contributed by atoms with Crippen molar-refractivity contribution in [2.45, 2.75) is 43.9 Å². The van der Waals surface area contributed by atoms with Gasteiger partial charge >= 0.3 is 6.18 Å². The Hall–Kier alpha value is -2.65. The lowest BCUT2D eigenvalue weighted by Crippen LogP contribution is -2.48. The Kier molecular flexibility index (Phi) is 4.51. The van der Waals surface area contributed by atoms with E-state index in [9.17, 15) is 26.7 Å². The van der Waals surface area contributed by atoms with Gasteiger partial charge in [0.15, 0.2) is 11.7 Å². The molecule has 2 heterocycles. The molecule has 2 N–H and O–H groups in total. The molecular formula is C18H17F5N4O. The van der Waals surface area contributed by atoms with Crippen LogP contribution in [0.3, 0.4) is 0 Å². The van der Waals surface area contributed by atoms with Crippen molar-refractivity contribution in [2.75, 3.05) is 10.6 Å². The maximum atomic E-state index is 13.8. The number of carbonyl (C=O) groups excluding carboxylic acids is 1. The second-order valence-corrected chi connectivity index (χ2v) is 7.12. The summed E-state index contributed by atoms with van der Waals surface area (Å²) in [4.78, 5) is 12.4. The summed E-state index contributed by atoms with van der Waals surface area (Å²) in [5.74, 6) is -3.23. The number of hydrogen-bond donors (Lipinski definition) is 2. The molecule has 150 valence electrons.